The molecule has 1 saturated heterocycles. The second-order valence-electron chi connectivity index (χ2n) is 6.33. The van der Waals surface area contributed by atoms with E-state index in [1.807, 2.05) is 0 Å². The molecule has 0 bridgehead atoms. The number of thiazole rings is 1. The summed E-state index contributed by atoms with van der Waals surface area (Å²) in [5, 5.41) is 12.8. The fourth-order valence-electron chi connectivity index (χ4n) is 2.99. The number of nitrogens with zero attached hydrogens (tertiary/aromatic N) is 4. The maximum Gasteiger partial charge on any atom is 0.407 e. The Morgan fingerprint density at radius 3 is 2.97 bits per heavy atom. The molecule has 1 atom stereocenters. The van der Waals surface area contributed by atoms with Gasteiger partial charge >= 0.3 is 6.09 Å². The summed E-state index contributed by atoms with van der Waals surface area (Å²) < 4.78 is 28.7. The molecule has 7 nitrogen and oxygen atoms in total. The number of rotatable bonds is 5. The van der Waals surface area contributed by atoms with Crippen molar-refractivity contribution < 1.29 is 18.7 Å². The summed E-state index contributed by atoms with van der Waals surface area (Å²) >= 11 is 5.89. The predicted octanol–water partition coefficient (Wildman–Crippen LogP) is 4.58. The first-order valence-corrected chi connectivity index (χ1v) is 11.1. The van der Waals surface area contributed by atoms with Crippen LogP contribution in [0.25, 0.3) is 10.3 Å². The van der Waals surface area contributed by atoms with Crippen LogP contribution in [0, 0.1) is 11.6 Å². The second kappa shape index (κ2) is 8.36. The molecule has 12 heteroatoms. The van der Waals surface area contributed by atoms with Crippen molar-refractivity contribution in [2.24, 2.45) is 0 Å². The minimum Gasteiger partial charge on any atom is -0.465 e. The Morgan fingerprint density at radius 2 is 2.21 bits per heavy atom. The van der Waals surface area contributed by atoms with E-state index in [4.69, 9.17) is 5.11 Å². The Labute approximate surface area is 180 Å². The highest BCUT2D eigenvalue weighted by molar-refractivity contribution is 9.11. The van der Waals surface area contributed by atoms with E-state index in [-0.39, 0.29) is 17.4 Å². The Morgan fingerprint density at radius 1 is 1.38 bits per heavy atom. The monoisotopic (exact) mass is 501 g/mol. The number of thioether (sulfide) groups is 1. The molecule has 0 unspecified atom stereocenters. The summed E-state index contributed by atoms with van der Waals surface area (Å²) in [6.45, 7) is 0.811. The maximum absolute atomic E-state index is 13.9. The number of likely N-dealkylation sites (tertiary alicyclic amines) is 1. The normalized spacial score (nSPS) is 16.5. The molecule has 1 aliphatic rings. The molecular formula is C17H14BrF2N5O2S2. The first kappa shape index (κ1) is 20.2. The van der Waals surface area contributed by atoms with Crippen molar-refractivity contribution >= 4 is 61.3 Å². The van der Waals surface area contributed by atoms with Crippen molar-refractivity contribution in [2.75, 3.05) is 18.4 Å². The molecule has 152 valence electrons. The Hall–Kier alpha value is -2.05. The molecule has 0 spiro atoms. The summed E-state index contributed by atoms with van der Waals surface area (Å²) in [5.74, 6) is -1.06. The van der Waals surface area contributed by atoms with E-state index in [1.54, 1.807) is 0 Å². The SMILES string of the molecule is O=C(O)N1CC[C@@H](Nc2nc(SCc3cccc(F)c3F)nc3nc(Br)sc23)C1. The van der Waals surface area contributed by atoms with Gasteiger partial charge in [0.1, 0.15) is 4.70 Å². The lowest BCUT2D eigenvalue weighted by molar-refractivity contribution is 0.155. The summed E-state index contributed by atoms with van der Waals surface area (Å²) in [7, 11) is 0. The zero-order valence-electron chi connectivity index (χ0n) is 14.7. The molecule has 1 amide bonds. The van der Waals surface area contributed by atoms with Crippen LogP contribution in [0.5, 0.6) is 0 Å². The third kappa shape index (κ3) is 4.43. The van der Waals surface area contributed by atoms with Crippen LogP contribution in [0.1, 0.15) is 12.0 Å². The predicted molar refractivity (Wildman–Crippen MR) is 110 cm³/mol. The van der Waals surface area contributed by atoms with Crippen molar-refractivity contribution in [1.82, 2.24) is 19.9 Å². The fraction of sp³-hybridized carbons (Fsp3) is 0.294. The zero-order valence-corrected chi connectivity index (χ0v) is 18.0. The van der Waals surface area contributed by atoms with Gasteiger partial charge < -0.3 is 15.3 Å². The van der Waals surface area contributed by atoms with Gasteiger partial charge in [-0.25, -0.2) is 28.5 Å². The third-order valence-corrected chi connectivity index (χ3v) is 6.79. The Bertz CT molecular complexity index is 1080. The van der Waals surface area contributed by atoms with Gasteiger partial charge in [-0.3, -0.25) is 0 Å². The van der Waals surface area contributed by atoms with Gasteiger partial charge in [0.15, 0.2) is 32.2 Å². The lowest BCUT2D eigenvalue weighted by Gasteiger charge is -2.15. The number of carboxylic acid groups (broad SMARTS) is 1. The van der Waals surface area contributed by atoms with Crippen molar-refractivity contribution in [3.63, 3.8) is 0 Å². The first-order valence-electron chi connectivity index (χ1n) is 8.55. The largest absolute Gasteiger partial charge is 0.465 e. The van der Waals surface area contributed by atoms with Crippen LogP contribution >= 0.6 is 39.0 Å². The fourth-order valence-corrected chi connectivity index (χ4v) is 5.14. The molecule has 1 fully saturated rings. The van der Waals surface area contributed by atoms with Crippen molar-refractivity contribution in [1.29, 1.82) is 0 Å². The number of hydrogen-bond donors (Lipinski definition) is 2. The Kier molecular flexibility index (Phi) is 5.83. The Balaban J connectivity index is 1.57. The van der Waals surface area contributed by atoms with Crippen LogP contribution in [-0.4, -0.2) is 50.2 Å². The molecule has 4 rings (SSSR count). The van der Waals surface area contributed by atoms with Gasteiger partial charge in [0, 0.05) is 30.4 Å². The van der Waals surface area contributed by atoms with E-state index in [1.165, 1.54) is 40.1 Å². The van der Waals surface area contributed by atoms with Crippen LogP contribution < -0.4 is 5.32 Å². The summed E-state index contributed by atoms with van der Waals surface area (Å²) in [4.78, 5) is 25.7. The average Bonchev–Trinajstić information content (AvgIpc) is 3.29. The van der Waals surface area contributed by atoms with Gasteiger partial charge in [0.25, 0.3) is 0 Å². The van der Waals surface area contributed by atoms with Crippen LogP contribution in [0.2, 0.25) is 0 Å². The minimum atomic E-state index is -0.948. The lowest BCUT2D eigenvalue weighted by atomic mass is 10.2. The molecule has 3 aromatic rings. The third-order valence-electron chi connectivity index (χ3n) is 4.40. The molecule has 1 aliphatic heterocycles. The van der Waals surface area contributed by atoms with Gasteiger partial charge in [-0.2, -0.15) is 0 Å². The minimum absolute atomic E-state index is 0.0800. The molecule has 0 radical (unpaired) electrons. The van der Waals surface area contributed by atoms with E-state index in [2.05, 4.69) is 36.2 Å². The highest BCUT2D eigenvalue weighted by Crippen LogP contribution is 2.33. The van der Waals surface area contributed by atoms with Crippen LogP contribution in [0.15, 0.2) is 27.3 Å². The molecule has 0 aliphatic carbocycles. The van der Waals surface area contributed by atoms with Gasteiger partial charge in [-0.05, 0) is 28.4 Å². The van der Waals surface area contributed by atoms with Gasteiger partial charge in [-0.15, -0.1) is 11.3 Å². The van der Waals surface area contributed by atoms with Gasteiger partial charge in [0.05, 0.1) is 0 Å². The number of fused-ring (bicyclic) bond motifs is 1. The molecule has 29 heavy (non-hydrogen) atoms. The topological polar surface area (TPSA) is 91.2 Å². The standard InChI is InChI=1S/C17H14BrF2N5O2S2/c18-15-22-14-12(29-15)13(21-9-4-5-25(6-9)17(26)27)23-16(24-14)28-7-8-2-1-3-10(19)11(8)20/h1-3,9H,4-7H2,(H,26,27)(H,21,23,24)/t9-/m1/s1. The summed E-state index contributed by atoms with van der Waals surface area (Å²) in [6, 6.07) is 3.96. The molecule has 1 aromatic carbocycles. The molecule has 2 aromatic heterocycles. The number of nitrogens with one attached hydrogen (secondary N) is 1. The second-order valence-corrected chi connectivity index (χ2v) is 9.55. The smallest absolute Gasteiger partial charge is 0.407 e. The number of anilines is 1. The summed E-state index contributed by atoms with van der Waals surface area (Å²) in [5.41, 5.74) is 0.704. The van der Waals surface area contributed by atoms with Gasteiger partial charge in [0.2, 0.25) is 0 Å². The molecule has 2 N–H and O–H groups in total. The number of hydrogen-bond acceptors (Lipinski definition) is 7. The van der Waals surface area contributed by atoms with Crippen LogP contribution in [0.3, 0.4) is 0 Å². The molecule has 0 saturated carbocycles. The zero-order chi connectivity index (χ0) is 20.5. The number of aromatic nitrogens is 3. The maximum atomic E-state index is 13.9. The lowest BCUT2D eigenvalue weighted by Crippen LogP contribution is -2.30. The first-order chi connectivity index (χ1) is 13.9. The van der Waals surface area contributed by atoms with E-state index in [0.717, 1.165) is 10.8 Å². The number of amides is 1. The number of benzene rings is 1. The quantitative estimate of drug-likeness (QED) is 0.390. The van der Waals surface area contributed by atoms with Crippen molar-refractivity contribution in [2.45, 2.75) is 23.4 Å². The number of halogens is 3. The van der Waals surface area contributed by atoms with Gasteiger partial charge in [-0.1, -0.05) is 23.9 Å². The van der Waals surface area contributed by atoms with Crippen molar-refractivity contribution in [3.05, 3.63) is 39.3 Å². The van der Waals surface area contributed by atoms with Crippen molar-refractivity contribution in [3.8, 4) is 0 Å². The van der Waals surface area contributed by atoms with E-state index >= 15 is 0 Å². The molecular weight excluding hydrogens is 488 g/mol. The summed E-state index contributed by atoms with van der Waals surface area (Å²) in [6.07, 6.45) is -0.287. The molecule has 3 heterocycles. The highest BCUT2D eigenvalue weighted by atomic mass is 79.9. The average molecular weight is 502 g/mol. The highest BCUT2D eigenvalue weighted by Gasteiger charge is 2.27. The van der Waals surface area contributed by atoms with Crippen LogP contribution in [0.4, 0.5) is 19.4 Å². The van der Waals surface area contributed by atoms with E-state index in [0.29, 0.717) is 40.0 Å². The van der Waals surface area contributed by atoms with Crippen LogP contribution in [-0.2, 0) is 5.75 Å². The van der Waals surface area contributed by atoms with E-state index < -0.39 is 17.7 Å². The van der Waals surface area contributed by atoms with E-state index in [9.17, 15) is 13.6 Å². The number of carbonyl (C=O) groups is 1.